The van der Waals surface area contributed by atoms with Gasteiger partial charge in [-0.2, -0.15) is 13.2 Å². The van der Waals surface area contributed by atoms with E-state index in [1.165, 1.54) is 6.07 Å². The molecule has 2 N–H and O–H groups in total. The molecule has 0 aliphatic carbocycles. The largest absolute Gasteiger partial charge is 0.416 e. The van der Waals surface area contributed by atoms with E-state index in [0.29, 0.717) is 18.3 Å². The van der Waals surface area contributed by atoms with Crippen molar-refractivity contribution in [2.24, 2.45) is 0 Å². The summed E-state index contributed by atoms with van der Waals surface area (Å²) in [5.74, 6) is 0. The summed E-state index contributed by atoms with van der Waals surface area (Å²) < 4.78 is 37.8. The van der Waals surface area contributed by atoms with Crippen molar-refractivity contribution in [1.29, 1.82) is 0 Å². The molecule has 0 bridgehead atoms. The lowest BCUT2D eigenvalue weighted by atomic mass is 10.1. The first-order valence-corrected chi connectivity index (χ1v) is 6.18. The van der Waals surface area contributed by atoms with Gasteiger partial charge in [0.05, 0.1) is 5.56 Å². The quantitative estimate of drug-likeness (QED) is 0.884. The lowest BCUT2D eigenvalue weighted by Gasteiger charge is -2.14. The Balaban J connectivity index is 2.05. The van der Waals surface area contributed by atoms with Gasteiger partial charge in [-0.25, -0.2) is 0 Å². The monoisotopic (exact) mass is 278 g/mol. The fourth-order valence-electron chi connectivity index (χ4n) is 2.03. The fraction of sp³-hybridized carbons (Fsp3) is 0.500. The number of nitrogens with one attached hydrogen (secondary N) is 2. The van der Waals surface area contributed by atoms with Crippen LogP contribution in [0.1, 0.15) is 18.4 Å². The third kappa shape index (κ3) is 3.53. The van der Waals surface area contributed by atoms with Crippen LogP contribution in [0.3, 0.4) is 0 Å². The van der Waals surface area contributed by atoms with Crippen molar-refractivity contribution < 1.29 is 13.2 Å². The summed E-state index contributed by atoms with van der Waals surface area (Å²) in [6.45, 7) is 1.58. The van der Waals surface area contributed by atoms with Gasteiger partial charge >= 0.3 is 6.18 Å². The van der Waals surface area contributed by atoms with Crippen molar-refractivity contribution in [2.75, 3.05) is 18.4 Å². The Bertz CT molecular complexity index is 414. The number of alkyl halides is 3. The molecule has 0 saturated carbocycles. The maximum absolute atomic E-state index is 12.6. The SMILES string of the molecule is FC(F)(F)c1cc(Cl)cc(NCC2CCCN2)c1. The molecule has 0 amide bonds. The van der Waals surface area contributed by atoms with E-state index in [1.807, 2.05) is 0 Å². The van der Waals surface area contributed by atoms with E-state index in [9.17, 15) is 13.2 Å². The van der Waals surface area contributed by atoms with Crippen molar-refractivity contribution in [2.45, 2.75) is 25.1 Å². The van der Waals surface area contributed by atoms with E-state index in [2.05, 4.69) is 10.6 Å². The number of halogens is 4. The maximum Gasteiger partial charge on any atom is 0.416 e. The van der Waals surface area contributed by atoms with Crippen molar-refractivity contribution >= 4 is 17.3 Å². The third-order valence-electron chi connectivity index (χ3n) is 2.94. The molecule has 100 valence electrons. The zero-order chi connectivity index (χ0) is 13.2. The van der Waals surface area contributed by atoms with Crippen LogP contribution in [0.2, 0.25) is 5.02 Å². The Morgan fingerprint density at radius 3 is 2.72 bits per heavy atom. The molecular formula is C12H14ClF3N2. The number of anilines is 1. The number of hydrogen-bond acceptors (Lipinski definition) is 2. The normalized spacial score (nSPS) is 20.1. The highest BCUT2D eigenvalue weighted by Crippen LogP contribution is 2.33. The molecule has 2 nitrogen and oxygen atoms in total. The molecule has 1 saturated heterocycles. The predicted octanol–water partition coefficient (Wildman–Crippen LogP) is 3.52. The minimum Gasteiger partial charge on any atom is -0.383 e. The smallest absolute Gasteiger partial charge is 0.383 e. The minimum atomic E-state index is -4.37. The minimum absolute atomic E-state index is 0.0895. The van der Waals surface area contributed by atoms with Crippen molar-refractivity contribution in [3.63, 3.8) is 0 Å². The van der Waals surface area contributed by atoms with Crippen LogP contribution < -0.4 is 10.6 Å². The molecule has 1 aromatic carbocycles. The number of hydrogen-bond donors (Lipinski definition) is 2. The summed E-state index contributed by atoms with van der Waals surface area (Å²) in [4.78, 5) is 0. The lowest BCUT2D eigenvalue weighted by molar-refractivity contribution is -0.137. The van der Waals surface area contributed by atoms with Crippen molar-refractivity contribution in [3.05, 3.63) is 28.8 Å². The molecule has 1 aliphatic heterocycles. The molecule has 1 fully saturated rings. The summed E-state index contributed by atoms with van der Waals surface area (Å²) in [6, 6.07) is 3.84. The van der Waals surface area contributed by atoms with E-state index < -0.39 is 11.7 Å². The summed E-state index contributed by atoms with van der Waals surface area (Å²) in [7, 11) is 0. The van der Waals surface area contributed by atoms with E-state index in [0.717, 1.165) is 31.5 Å². The first-order chi connectivity index (χ1) is 8.45. The number of rotatable bonds is 3. The highest BCUT2D eigenvalue weighted by molar-refractivity contribution is 6.30. The fourth-order valence-corrected chi connectivity index (χ4v) is 2.26. The Kier molecular flexibility index (Phi) is 4.02. The molecule has 2 rings (SSSR count). The van der Waals surface area contributed by atoms with Crippen LogP contribution in [-0.2, 0) is 6.18 Å². The molecule has 1 heterocycles. The Morgan fingerprint density at radius 2 is 2.11 bits per heavy atom. The van der Waals surface area contributed by atoms with Gasteiger partial charge in [-0.1, -0.05) is 11.6 Å². The van der Waals surface area contributed by atoms with Crippen LogP contribution in [0.25, 0.3) is 0 Å². The van der Waals surface area contributed by atoms with E-state index in [1.54, 1.807) is 0 Å². The second-order valence-electron chi connectivity index (χ2n) is 4.40. The van der Waals surface area contributed by atoms with Crippen LogP contribution >= 0.6 is 11.6 Å². The van der Waals surface area contributed by atoms with Gasteiger partial charge in [0.15, 0.2) is 0 Å². The summed E-state index contributed by atoms with van der Waals surface area (Å²) in [6.07, 6.45) is -2.22. The standard InChI is InChI=1S/C12H14ClF3N2/c13-9-4-8(12(14,15)16)5-11(6-9)18-7-10-2-1-3-17-10/h4-6,10,17-18H,1-3,7H2. The van der Waals surface area contributed by atoms with Gasteiger partial charge < -0.3 is 10.6 Å². The van der Waals surface area contributed by atoms with E-state index in [-0.39, 0.29) is 5.02 Å². The molecule has 0 radical (unpaired) electrons. The van der Waals surface area contributed by atoms with Crippen molar-refractivity contribution in [3.8, 4) is 0 Å². The van der Waals surface area contributed by atoms with Crippen LogP contribution in [0.5, 0.6) is 0 Å². The highest BCUT2D eigenvalue weighted by Gasteiger charge is 2.31. The summed E-state index contributed by atoms with van der Waals surface area (Å²) >= 11 is 5.70. The lowest BCUT2D eigenvalue weighted by Crippen LogP contribution is -2.29. The zero-order valence-corrected chi connectivity index (χ0v) is 10.4. The molecule has 0 aromatic heterocycles. The molecule has 1 aliphatic rings. The highest BCUT2D eigenvalue weighted by atomic mass is 35.5. The molecule has 18 heavy (non-hydrogen) atoms. The predicted molar refractivity (Wildman–Crippen MR) is 66.0 cm³/mol. The van der Waals surface area contributed by atoms with Gasteiger partial charge in [-0.3, -0.25) is 0 Å². The van der Waals surface area contributed by atoms with Crippen LogP contribution in [-0.4, -0.2) is 19.1 Å². The average Bonchev–Trinajstić information content (AvgIpc) is 2.77. The molecule has 1 atom stereocenters. The van der Waals surface area contributed by atoms with Gasteiger partial charge in [0.2, 0.25) is 0 Å². The Labute approximate surface area is 109 Å². The van der Waals surface area contributed by atoms with Gasteiger partial charge in [0.1, 0.15) is 0 Å². The summed E-state index contributed by atoms with van der Waals surface area (Å²) in [5.41, 5.74) is -0.319. The Morgan fingerprint density at radius 1 is 1.33 bits per heavy atom. The molecule has 6 heteroatoms. The molecule has 1 unspecified atom stereocenters. The zero-order valence-electron chi connectivity index (χ0n) is 9.65. The maximum atomic E-state index is 12.6. The number of benzene rings is 1. The molecule has 0 spiro atoms. The Hall–Kier alpha value is -0.940. The van der Waals surface area contributed by atoms with Crippen molar-refractivity contribution in [1.82, 2.24) is 5.32 Å². The first kappa shape index (κ1) is 13.5. The van der Waals surface area contributed by atoms with Crippen LogP contribution in [0.15, 0.2) is 18.2 Å². The van der Waals surface area contributed by atoms with Gasteiger partial charge in [0, 0.05) is 23.3 Å². The molecular weight excluding hydrogens is 265 g/mol. The van der Waals surface area contributed by atoms with Crippen LogP contribution in [0.4, 0.5) is 18.9 Å². The van der Waals surface area contributed by atoms with Gasteiger partial charge in [0.25, 0.3) is 0 Å². The average molecular weight is 279 g/mol. The topological polar surface area (TPSA) is 24.1 Å². The van der Waals surface area contributed by atoms with Crippen LogP contribution in [0, 0.1) is 0 Å². The molecule has 1 aromatic rings. The van der Waals surface area contributed by atoms with Gasteiger partial charge in [-0.05, 0) is 37.6 Å². The second-order valence-corrected chi connectivity index (χ2v) is 4.84. The second kappa shape index (κ2) is 5.36. The first-order valence-electron chi connectivity index (χ1n) is 5.80. The summed E-state index contributed by atoms with van der Waals surface area (Å²) in [5, 5.41) is 6.35. The van der Waals surface area contributed by atoms with Gasteiger partial charge in [-0.15, -0.1) is 0 Å². The van der Waals surface area contributed by atoms with E-state index in [4.69, 9.17) is 11.6 Å². The third-order valence-corrected chi connectivity index (χ3v) is 3.16. The van der Waals surface area contributed by atoms with E-state index >= 15 is 0 Å².